The summed E-state index contributed by atoms with van der Waals surface area (Å²) in [7, 11) is -1.29. The Balaban J connectivity index is 1.87. The Morgan fingerprint density at radius 1 is 1.06 bits per heavy atom. The Labute approximate surface area is 198 Å². The summed E-state index contributed by atoms with van der Waals surface area (Å²) in [5, 5.41) is 2.38. The van der Waals surface area contributed by atoms with Crippen LogP contribution in [0.4, 0.5) is 0 Å². The summed E-state index contributed by atoms with van der Waals surface area (Å²) in [6.07, 6.45) is 2.05. The first-order valence-corrected chi connectivity index (χ1v) is 13.6. The smallest absolute Gasteiger partial charge is 0.321 e. The zero-order valence-corrected chi connectivity index (χ0v) is 21.4. The van der Waals surface area contributed by atoms with E-state index in [4.69, 9.17) is 13.9 Å². The normalized spacial score (nSPS) is 21.0. The molecular weight excluding hydrogens is 432 g/mol. The number of benzene rings is 2. The van der Waals surface area contributed by atoms with Crippen molar-refractivity contribution in [1.82, 2.24) is 0 Å². The van der Waals surface area contributed by atoms with E-state index >= 15 is 0 Å². The van der Waals surface area contributed by atoms with Gasteiger partial charge in [0.15, 0.2) is 5.92 Å². The molecule has 1 aliphatic rings. The number of hydrogen-bond donors (Lipinski definition) is 0. The topological polar surface area (TPSA) is 61.8 Å². The van der Waals surface area contributed by atoms with Crippen LogP contribution in [0.1, 0.15) is 47.0 Å². The molecule has 0 aromatic heterocycles. The maximum atomic E-state index is 12.3. The van der Waals surface area contributed by atoms with Crippen LogP contribution in [0.15, 0.2) is 60.7 Å². The summed E-state index contributed by atoms with van der Waals surface area (Å²) >= 11 is 0. The molecule has 0 amide bonds. The number of methoxy groups -OCH3 is 1. The molecule has 2 aromatic rings. The van der Waals surface area contributed by atoms with Gasteiger partial charge in [-0.3, -0.25) is 9.59 Å². The van der Waals surface area contributed by atoms with Crippen LogP contribution >= 0.6 is 0 Å². The predicted octanol–water partition coefficient (Wildman–Crippen LogP) is 4.09. The Morgan fingerprint density at radius 3 is 2.06 bits per heavy atom. The number of carbonyl (C=O) groups is 2. The maximum absolute atomic E-state index is 12.3. The average Bonchev–Trinajstić information content (AvgIpc) is 3.15. The molecule has 0 saturated carbocycles. The Bertz CT molecular complexity index is 898. The molecule has 2 unspecified atom stereocenters. The number of hydrogen-bond acceptors (Lipinski definition) is 5. The van der Waals surface area contributed by atoms with Crippen LogP contribution in [0.5, 0.6) is 0 Å². The van der Waals surface area contributed by atoms with E-state index in [0.29, 0.717) is 19.4 Å². The zero-order valence-electron chi connectivity index (χ0n) is 20.4. The van der Waals surface area contributed by atoms with Crippen molar-refractivity contribution in [3.8, 4) is 0 Å². The minimum absolute atomic E-state index is 0.0981. The third kappa shape index (κ3) is 4.78. The minimum atomic E-state index is -2.61. The molecule has 5 nitrogen and oxygen atoms in total. The number of cyclic esters (lactones) is 1. The van der Waals surface area contributed by atoms with Crippen molar-refractivity contribution in [2.75, 3.05) is 20.3 Å². The SMILES string of the molecule is CCC1(CCCO[Si](c2ccccc2)(c2ccccc2)C(C)(C)C)COC(=O)C1C(=O)OC. The van der Waals surface area contributed by atoms with E-state index in [2.05, 4.69) is 69.3 Å². The van der Waals surface area contributed by atoms with E-state index in [1.807, 2.05) is 19.1 Å². The summed E-state index contributed by atoms with van der Waals surface area (Å²) in [6.45, 7) is 9.55. The molecule has 1 heterocycles. The third-order valence-corrected chi connectivity index (χ3v) is 12.1. The van der Waals surface area contributed by atoms with Crippen LogP contribution in [-0.4, -0.2) is 40.6 Å². The van der Waals surface area contributed by atoms with Crippen molar-refractivity contribution >= 4 is 30.6 Å². The quantitative estimate of drug-likeness (QED) is 0.240. The summed E-state index contributed by atoms with van der Waals surface area (Å²) in [4.78, 5) is 24.6. The molecule has 0 aliphatic carbocycles. The Kier molecular flexibility index (Phi) is 7.80. The van der Waals surface area contributed by atoms with Crippen LogP contribution < -0.4 is 10.4 Å². The fourth-order valence-corrected chi connectivity index (χ4v) is 9.81. The molecule has 1 fully saturated rings. The lowest BCUT2D eigenvalue weighted by molar-refractivity contribution is -0.156. The van der Waals surface area contributed by atoms with Gasteiger partial charge in [0.2, 0.25) is 0 Å². The second-order valence-electron chi connectivity index (χ2n) is 9.90. The first-order chi connectivity index (χ1) is 15.7. The van der Waals surface area contributed by atoms with E-state index < -0.39 is 31.6 Å². The highest BCUT2D eigenvalue weighted by atomic mass is 28.4. The van der Waals surface area contributed by atoms with Crippen molar-refractivity contribution in [1.29, 1.82) is 0 Å². The summed E-state index contributed by atoms with van der Waals surface area (Å²) in [5.41, 5.74) is -0.543. The fourth-order valence-electron chi connectivity index (χ4n) is 5.21. The van der Waals surface area contributed by atoms with Gasteiger partial charge in [0.1, 0.15) is 0 Å². The molecule has 0 N–H and O–H groups in total. The molecule has 1 aliphatic heterocycles. The Morgan fingerprint density at radius 2 is 1.61 bits per heavy atom. The van der Waals surface area contributed by atoms with Crippen LogP contribution in [0.25, 0.3) is 0 Å². The molecule has 178 valence electrons. The van der Waals surface area contributed by atoms with Crippen molar-refractivity contribution < 1.29 is 23.5 Å². The van der Waals surface area contributed by atoms with E-state index in [9.17, 15) is 9.59 Å². The van der Waals surface area contributed by atoms with E-state index in [1.165, 1.54) is 17.5 Å². The molecule has 1 saturated heterocycles. The van der Waals surface area contributed by atoms with Gasteiger partial charge in [0.25, 0.3) is 8.32 Å². The maximum Gasteiger partial charge on any atom is 0.321 e. The number of esters is 2. The summed E-state index contributed by atoms with van der Waals surface area (Å²) in [5.74, 6) is -1.84. The standard InChI is InChI=1S/C27H36O5Si/c1-6-27(20-31-25(29)23(27)24(28)30-5)18-13-19-32-33(26(2,3)4,21-14-9-7-10-15-21)22-16-11-8-12-17-22/h7-12,14-17,23H,6,13,18-20H2,1-5H3. The van der Waals surface area contributed by atoms with Gasteiger partial charge in [0.05, 0.1) is 13.7 Å². The molecular formula is C27H36O5Si. The average molecular weight is 469 g/mol. The van der Waals surface area contributed by atoms with Gasteiger partial charge >= 0.3 is 11.9 Å². The van der Waals surface area contributed by atoms with Gasteiger partial charge in [-0.15, -0.1) is 0 Å². The van der Waals surface area contributed by atoms with Crippen molar-refractivity contribution in [3.05, 3.63) is 60.7 Å². The molecule has 0 spiro atoms. The van der Waals surface area contributed by atoms with Crippen molar-refractivity contribution in [3.63, 3.8) is 0 Å². The third-order valence-electron chi connectivity index (χ3n) is 7.05. The molecule has 2 atom stereocenters. The molecule has 2 aromatic carbocycles. The predicted molar refractivity (Wildman–Crippen MR) is 132 cm³/mol. The summed E-state index contributed by atoms with van der Waals surface area (Å²) in [6, 6.07) is 21.1. The monoisotopic (exact) mass is 468 g/mol. The first-order valence-electron chi connectivity index (χ1n) is 11.7. The number of ether oxygens (including phenoxy) is 2. The van der Waals surface area contributed by atoms with Crippen LogP contribution in [0.3, 0.4) is 0 Å². The van der Waals surface area contributed by atoms with E-state index in [-0.39, 0.29) is 11.6 Å². The molecule has 6 heteroatoms. The van der Waals surface area contributed by atoms with E-state index in [0.717, 1.165) is 6.42 Å². The van der Waals surface area contributed by atoms with Gasteiger partial charge in [-0.1, -0.05) is 88.4 Å². The zero-order chi connectivity index (χ0) is 24.1. The van der Waals surface area contributed by atoms with Gasteiger partial charge in [-0.25, -0.2) is 0 Å². The molecule has 33 heavy (non-hydrogen) atoms. The van der Waals surface area contributed by atoms with Crippen LogP contribution in [-0.2, 0) is 23.5 Å². The molecule has 0 bridgehead atoms. The Hall–Kier alpha value is -2.44. The van der Waals surface area contributed by atoms with Gasteiger partial charge in [0, 0.05) is 12.0 Å². The molecule has 0 radical (unpaired) electrons. The van der Waals surface area contributed by atoms with Gasteiger partial charge in [-0.2, -0.15) is 0 Å². The van der Waals surface area contributed by atoms with Gasteiger partial charge in [-0.05, 0) is 34.7 Å². The highest BCUT2D eigenvalue weighted by molar-refractivity contribution is 6.99. The van der Waals surface area contributed by atoms with Crippen molar-refractivity contribution in [2.45, 2.75) is 52.0 Å². The summed E-state index contributed by atoms with van der Waals surface area (Å²) < 4.78 is 17.2. The lowest BCUT2D eigenvalue weighted by atomic mass is 9.72. The number of carbonyl (C=O) groups excluding carboxylic acids is 2. The number of rotatable bonds is 9. The highest BCUT2D eigenvalue weighted by Gasteiger charge is 2.54. The lowest BCUT2D eigenvalue weighted by Gasteiger charge is -2.43. The van der Waals surface area contributed by atoms with E-state index in [1.54, 1.807) is 0 Å². The second kappa shape index (κ2) is 10.2. The minimum Gasteiger partial charge on any atom is -0.468 e. The largest absolute Gasteiger partial charge is 0.468 e. The van der Waals surface area contributed by atoms with Crippen LogP contribution in [0.2, 0.25) is 5.04 Å². The molecule has 3 rings (SSSR count). The second-order valence-corrected chi connectivity index (χ2v) is 14.2. The van der Waals surface area contributed by atoms with Gasteiger partial charge < -0.3 is 13.9 Å². The first kappa shape index (κ1) is 25.2. The lowest BCUT2D eigenvalue weighted by Crippen LogP contribution is -2.66. The van der Waals surface area contributed by atoms with Crippen molar-refractivity contribution in [2.24, 2.45) is 11.3 Å². The van der Waals surface area contributed by atoms with Crippen LogP contribution in [0, 0.1) is 11.3 Å². The highest BCUT2D eigenvalue weighted by Crippen LogP contribution is 2.44. The fraction of sp³-hybridized carbons (Fsp3) is 0.481.